The number of nitrogens with zero attached hydrogens (tertiary/aromatic N) is 1. The minimum Gasteiger partial charge on any atom is -0.387 e. The summed E-state index contributed by atoms with van der Waals surface area (Å²) in [5.41, 5.74) is -0.590. The number of hydrogen-bond donors (Lipinski definition) is 2. The van der Waals surface area contributed by atoms with E-state index in [0.717, 1.165) is 12.6 Å². The summed E-state index contributed by atoms with van der Waals surface area (Å²) >= 11 is 5.83. The first-order valence-electron chi connectivity index (χ1n) is 5.94. The first-order chi connectivity index (χ1) is 8.61. The SMILES string of the molecule is OC1(CCNc2c(F)cncc2Cl)CCCOC1. The number of halogens is 2. The lowest BCUT2D eigenvalue weighted by Gasteiger charge is -2.32. The maximum absolute atomic E-state index is 13.4. The molecule has 1 fully saturated rings. The molecule has 2 N–H and O–H groups in total. The van der Waals surface area contributed by atoms with Crippen LogP contribution in [-0.4, -0.2) is 35.5 Å². The van der Waals surface area contributed by atoms with Crippen LogP contribution in [-0.2, 0) is 4.74 Å². The third-order valence-corrected chi connectivity index (χ3v) is 3.33. The van der Waals surface area contributed by atoms with Gasteiger partial charge in [0.1, 0.15) is 0 Å². The smallest absolute Gasteiger partial charge is 0.166 e. The fourth-order valence-corrected chi connectivity index (χ4v) is 2.25. The molecule has 100 valence electrons. The van der Waals surface area contributed by atoms with Gasteiger partial charge in [-0.05, 0) is 19.3 Å². The van der Waals surface area contributed by atoms with Crippen molar-refractivity contribution in [2.45, 2.75) is 24.9 Å². The van der Waals surface area contributed by atoms with Crippen LogP contribution in [0.2, 0.25) is 5.02 Å². The van der Waals surface area contributed by atoms with Gasteiger partial charge in [0, 0.05) is 19.3 Å². The van der Waals surface area contributed by atoms with Crippen LogP contribution >= 0.6 is 11.6 Å². The van der Waals surface area contributed by atoms with Gasteiger partial charge in [-0.2, -0.15) is 0 Å². The zero-order valence-corrected chi connectivity index (χ0v) is 10.7. The first kappa shape index (κ1) is 13.5. The van der Waals surface area contributed by atoms with E-state index in [1.165, 1.54) is 6.20 Å². The first-order valence-corrected chi connectivity index (χ1v) is 6.31. The van der Waals surface area contributed by atoms with Crippen LogP contribution in [0.4, 0.5) is 10.1 Å². The zero-order valence-electron chi connectivity index (χ0n) is 9.96. The second-order valence-electron chi connectivity index (χ2n) is 4.54. The van der Waals surface area contributed by atoms with Crippen LogP contribution in [0.25, 0.3) is 0 Å². The number of pyridine rings is 1. The van der Waals surface area contributed by atoms with E-state index in [4.69, 9.17) is 16.3 Å². The Morgan fingerprint density at radius 1 is 1.56 bits per heavy atom. The van der Waals surface area contributed by atoms with Gasteiger partial charge in [0.05, 0.1) is 29.1 Å². The minimum atomic E-state index is -0.818. The summed E-state index contributed by atoms with van der Waals surface area (Å²) in [6, 6.07) is 0. The normalized spacial score (nSPS) is 23.9. The third kappa shape index (κ3) is 3.31. The van der Waals surface area contributed by atoms with Gasteiger partial charge < -0.3 is 15.2 Å². The zero-order chi connectivity index (χ0) is 13.0. The van der Waals surface area contributed by atoms with Gasteiger partial charge in [-0.1, -0.05) is 11.6 Å². The summed E-state index contributed by atoms with van der Waals surface area (Å²) in [5.74, 6) is -0.491. The number of hydrogen-bond acceptors (Lipinski definition) is 4. The highest BCUT2D eigenvalue weighted by atomic mass is 35.5. The highest BCUT2D eigenvalue weighted by Gasteiger charge is 2.29. The minimum absolute atomic E-state index is 0.229. The van der Waals surface area contributed by atoms with E-state index in [0.29, 0.717) is 32.6 Å². The molecule has 0 aliphatic carbocycles. The van der Waals surface area contributed by atoms with Crippen molar-refractivity contribution in [3.8, 4) is 0 Å². The number of aliphatic hydroxyl groups is 1. The standard InChI is InChI=1S/C12H16ClFN2O2/c13-9-6-15-7-10(14)11(9)16-4-3-12(17)2-1-5-18-8-12/h6-7,17H,1-5,8H2,(H,15,16). The van der Waals surface area contributed by atoms with Crippen LogP contribution in [0.5, 0.6) is 0 Å². The van der Waals surface area contributed by atoms with Gasteiger partial charge >= 0.3 is 0 Å². The molecular weight excluding hydrogens is 259 g/mol. The Kier molecular flexibility index (Phi) is 4.37. The van der Waals surface area contributed by atoms with Crippen molar-refractivity contribution in [3.63, 3.8) is 0 Å². The molecule has 0 radical (unpaired) electrons. The molecule has 1 aliphatic heterocycles. The molecule has 0 amide bonds. The van der Waals surface area contributed by atoms with Crippen LogP contribution in [0.15, 0.2) is 12.4 Å². The van der Waals surface area contributed by atoms with Gasteiger partial charge in [0.25, 0.3) is 0 Å². The average Bonchev–Trinajstić information content (AvgIpc) is 2.34. The molecule has 0 saturated carbocycles. The van der Waals surface area contributed by atoms with E-state index in [1.807, 2.05) is 0 Å². The Morgan fingerprint density at radius 3 is 3.06 bits per heavy atom. The highest BCUT2D eigenvalue weighted by molar-refractivity contribution is 6.33. The lowest BCUT2D eigenvalue weighted by Crippen LogP contribution is -2.40. The van der Waals surface area contributed by atoms with Crippen molar-refractivity contribution >= 4 is 17.3 Å². The summed E-state index contributed by atoms with van der Waals surface area (Å²) in [7, 11) is 0. The van der Waals surface area contributed by atoms with E-state index >= 15 is 0 Å². The lowest BCUT2D eigenvalue weighted by molar-refractivity contribution is -0.0875. The quantitative estimate of drug-likeness (QED) is 0.884. The molecule has 0 bridgehead atoms. The Labute approximate surface area is 110 Å². The van der Waals surface area contributed by atoms with Gasteiger partial charge in [-0.15, -0.1) is 0 Å². The lowest BCUT2D eigenvalue weighted by atomic mass is 9.93. The number of rotatable bonds is 4. The molecule has 1 aliphatic rings. The average molecular weight is 275 g/mol. The summed E-state index contributed by atoms with van der Waals surface area (Å²) in [4.78, 5) is 3.64. The van der Waals surface area contributed by atoms with E-state index < -0.39 is 11.4 Å². The monoisotopic (exact) mass is 274 g/mol. The molecule has 1 aromatic rings. The number of nitrogens with one attached hydrogen (secondary N) is 1. The fourth-order valence-electron chi connectivity index (χ4n) is 2.04. The van der Waals surface area contributed by atoms with E-state index in [1.54, 1.807) is 0 Å². The maximum Gasteiger partial charge on any atom is 0.166 e. The van der Waals surface area contributed by atoms with Crippen LogP contribution in [0.1, 0.15) is 19.3 Å². The molecule has 4 nitrogen and oxygen atoms in total. The molecule has 0 spiro atoms. The Balaban J connectivity index is 1.88. The Hall–Kier alpha value is -0.910. The predicted octanol–water partition coefficient (Wildman–Crippen LogP) is 2.22. The fraction of sp³-hybridized carbons (Fsp3) is 0.583. The van der Waals surface area contributed by atoms with Crippen molar-refractivity contribution in [1.82, 2.24) is 4.98 Å². The molecule has 0 aromatic carbocycles. The number of aromatic nitrogens is 1. The summed E-state index contributed by atoms with van der Waals surface area (Å²) in [5, 5.41) is 13.3. The van der Waals surface area contributed by atoms with Gasteiger partial charge in [-0.3, -0.25) is 4.98 Å². The summed E-state index contributed by atoms with van der Waals surface area (Å²) in [6.07, 6.45) is 4.53. The van der Waals surface area contributed by atoms with E-state index in [9.17, 15) is 9.50 Å². The van der Waals surface area contributed by atoms with Crippen LogP contribution < -0.4 is 5.32 Å². The maximum atomic E-state index is 13.4. The molecule has 1 atom stereocenters. The van der Waals surface area contributed by atoms with Crippen LogP contribution in [0, 0.1) is 5.82 Å². The molecule has 1 aromatic heterocycles. The summed E-state index contributed by atoms with van der Waals surface area (Å²) in [6.45, 7) is 1.46. The van der Waals surface area contributed by atoms with Crippen molar-refractivity contribution in [1.29, 1.82) is 0 Å². The third-order valence-electron chi connectivity index (χ3n) is 3.05. The predicted molar refractivity (Wildman–Crippen MR) is 67.3 cm³/mol. The molecule has 6 heteroatoms. The molecule has 1 saturated heterocycles. The van der Waals surface area contributed by atoms with Gasteiger partial charge in [-0.25, -0.2) is 4.39 Å². The number of ether oxygens (including phenoxy) is 1. The Bertz CT molecular complexity index is 391. The topological polar surface area (TPSA) is 54.4 Å². The Morgan fingerprint density at radius 2 is 2.39 bits per heavy atom. The van der Waals surface area contributed by atoms with Crippen molar-refractivity contribution < 1.29 is 14.2 Å². The molecular formula is C12H16ClFN2O2. The van der Waals surface area contributed by atoms with Crippen LogP contribution in [0.3, 0.4) is 0 Å². The van der Waals surface area contributed by atoms with Crippen molar-refractivity contribution in [3.05, 3.63) is 23.2 Å². The van der Waals surface area contributed by atoms with Gasteiger partial charge in [0.2, 0.25) is 0 Å². The van der Waals surface area contributed by atoms with E-state index in [2.05, 4.69) is 10.3 Å². The van der Waals surface area contributed by atoms with Crippen molar-refractivity contribution in [2.75, 3.05) is 25.1 Å². The van der Waals surface area contributed by atoms with Gasteiger partial charge in [0.15, 0.2) is 5.82 Å². The second kappa shape index (κ2) is 5.82. The summed E-state index contributed by atoms with van der Waals surface area (Å²) < 4.78 is 18.7. The largest absolute Gasteiger partial charge is 0.387 e. The van der Waals surface area contributed by atoms with Crippen molar-refractivity contribution in [2.24, 2.45) is 0 Å². The molecule has 18 heavy (non-hydrogen) atoms. The molecule has 2 heterocycles. The molecule has 1 unspecified atom stereocenters. The second-order valence-corrected chi connectivity index (χ2v) is 4.94. The number of anilines is 1. The van der Waals surface area contributed by atoms with E-state index in [-0.39, 0.29) is 10.7 Å². The molecule has 2 rings (SSSR count). The highest BCUT2D eigenvalue weighted by Crippen LogP contribution is 2.25.